The fourth-order valence-corrected chi connectivity index (χ4v) is 6.72. The molecule has 3 atom stereocenters. The molecule has 5 rings (SSSR count). The average molecular weight is 861 g/mol. The third kappa shape index (κ3) is 11.6. The number of sulfone groups is 1. The van der Waals surface area contributed by atoms with Crippen LogP contribution in [0, 0.1) is 11.7 Å². The van der Waals surface area contributed by atoms with Crippen molar-refractivity contribution >= 4 is 56.7 Å². The Morgan fingerprint density at radius 2 is 1.59 bits per heavy atom. The van der Waals surface area contributed by atoms with E-state index in [0.717, 1.165) is 16.7 Å². The molecule has 0 aliphatic rings. The van der Waals surface area contributed by atoms with Crippen LogP contribution in [-0.2, 0) is 33.7 Å². The molecule has 0 saturated heterocycles. The topological polar surface area (TPSA) is 240 Å². The predicted molar refractivity (Wildman–Crippen MR) is 225 cm³/mol. The van der Waals surface area contributed by atoms with E-state index in [2.05, 4.69) is 20.7 Å². The van der Waals surface area contributed by atoms with Gasteiger partial charge >= 0.3 is 12.1 Å². The van der Waals surface area contributed by atoms with Crippen molar-refractivity contribution in [1.29, 1.82) is 0 Å². The van der Waals surface area contributed by atoms with Gasteiger partial charge in [0.05, 0.1) is 29.7 Å². The van der Waals surface area contributed by atoms with Gasteiger partial charge in [0.2, 0.25) is 18.6 Å². The van der Waals surface area contributed by atoms with Crippen molar-refractivity contribution in [2.75, 3.05) is 36.9 Å². The summed E-state index contributed by atoms with van der Waals surface area (Å²) < 4.78 is 55.7. The van der Waals surface area contributed by atoms with Gasteiger partial charge in [-0.1, -0.05) is 44.5 Å². The zero-order valence-electron chi connectivity index (χ0n) is 34.3. The highest BCUT2D eigenvalue weighted by atomic mass is 32.2. The highest BCUT2D eigenvalue weighted by Crippen LogP contribution is 2.35. The summed E-state index contributed by atoms with van der Waals surface area (Å²) in [6.07, 6.45) is 3.27. The summed E-state index contributed by atoms with van der Waals surface area (Å²) in [5.41, 5.74) is 14.5. The number of rotatable bonds is 18. The highest BCUT2D eigenvalue weighted by Gasteiger charge is 2.31. The number of anilines is 3. The minimum atomic E-state index is -3.68. The van der Waals surface area contributed by atoms with Gasteiger partial charge in [-0.3, -0.25) is 9.59 Å². The van der Waals surface area contributed by atoms with Crippen molar-refractivity contribution in [3.05, 3.63) is 96.4 Å². The zero-order chi connectivity index (χ0) is 44.4. The molecule has 324 valence electrons. The third-order valence-corrected chi connectivity index (χ3v) is 10.8. The molecule has 19 heteroatoms. The maximum Gasteiger partial charge on any atom is 0.424 e. The normalized spacial score (nSPS) is 12.9. The van der Waals surface area contributed by atoms with E-state index in [1.54, 1.807) is 75.5 Å². The first-order valence-corrected chi connectivity index (χ1v) is 21.2. The maximum absolute atomic E-state index is 13.9. The van der Waals surface area contributed by atoms with E-state index in [4.69, 9.17) is 25.7 Å². The van der Waals surface area contributed by atoms with Gasteiger partial charge in [-0.25, -0.2) is 31.8 Å². The van der Waals surface area contributed by atoms with Crippen molar-refractivity contribution in [2.45, 2.75) is 62.9 Å². The first-order chi connectivity index (χ1) is 29.0. The summed E-state index contributed by atoms with van der Waals surface area (Å²) in [5, 5.41) is 10.0. The van der Waals surface area contributed by atoms with E-state index in [1.165, 1.54) is 42.0 Å². The number of ether oxygens (including phenoxy) is 3. The molecule has 17 nitrogen and oxygen atoms in total. The number of benzene rings is 3. The van der Waals surface area contributed by atoms with E-state index in [-0.39, 0.29) is 34.0 Å². The molecule has 2 heterocycles. The number of fused-ring (bicyclic) bond motifs is 1. The lowest BCUT2D eigenvalue weighted by atomic mass is 10.00. The maximum atomic E-state index is 13.9. The average Bonchev–Trinajstić information content (AvgIpc) is 3.65. The van der Waals surface area contributed by atoms with Gasteiger partial charge in [0.1, 0.15) is 17.6 Å². The molecule has 6 N–H and O–H groups in total. The molecule has 3 amide bonds. The molecule has 0 fully saturated rings. The van der Waals surface area contributed by atoms with E-state index in [1.807, 2.05) is 0 Å². The van der Waals surface area contributed by atoms with Crippen molar-refractivity contribution in [2.24, 2.45) is 17.4 Å². The number of nitrogens with zero attached hydrogens (tertiary/aromatic N) is 4. The van der Waals surface area contributed by atoms with Crippen LogP contribution in [0.1, 0.15) is 51.5 Å². The van der Waals surface area contributed by atoms with Gasteiger partial charge in [0, 0.05) is 29.8 Å². The van der Waals surface area contributed by atoms with Crippen LogP contribution in [0.2, 0.25) is 0 Å². The number of carbonyl (C=O) groups excluding carboxylic acids is 4. The summed E-state index contributed by atoms with van der Waals surface area (Å²) in [5.74, 6) is -3.25. The van der Waals surface area contributed by atoms with Gasteiger partial charge < -0.3 is 36.3 Å². The molecule has 0 saturated carbocycles. The lowest BCUT2D eigenvalue weighted by Gasteiger charge is -2.23. The van der Waals surface area contributed by atoms with Crippen molar-refractivity contribution in [3.8, 4) is 16.9 Å². The van der Waals surface area contributed by atoms with E-state index < -0.39 is 58.5 Å². The molecular weight excluding hydrogens is 812 g/mol. The minimum Gasteiger partial charge on any atom is -0.495 e. The molecule has 3 aromatic carbocycles. The first kappa shape index (κ1) is 45.6. The summed E-state index contributed by atoms with van der Waals surface area (Å²) in [7, 11) is -2.40. The van der Waals surface area contributed by atoms with E-state index in [0.29, 0.717) is 48.3 Å². The largest absolute Gasteiger partial charge is 0.495 e. The lowest BCUT2D eigenvalue weighted by Crippen LogP contribution is -2.51. The Kier molecular flexibility index (Phi) is 15.1. The van der Waals surface area contributed by atoms with Crippen LogP contribution in [0.5, 0.6) is 5.75 Å². The second-order valence-electron chi connectivity index (χ2n) is 14.5. The molecule has 2 aromatic heterocycles. The zero-order valence-corrected chi connectivity index (χ0v) is 35.1. The fourth-order valence-electron chi connectivity index (χ4n) is 6.09. The number of nitrogens with one attached hydrogen (secondary N) is 2. The highest BCUT2D eigenvalue weighted by molar-refractivity contribution is 7.90. The molecular formula is C42H49FN8O9S. The summed E-state index contributed by atoms with van der Waals surface area (Å²) in [4.78, 5) is 58.0. The van der Waals surface area contributed by atoms with Crippen LogP contribution in [0.3, 0.4) is 0 Å². The number of aromatic nitrogens is 3. The van der Waals surface area contributed by atoms with Crippen LogP contribution >= 0.6 is 0 Å². The standard InChI is InChI=1S/C42H49FN8O9S/c1-25(2)37(48-39(53)33(45)8-6-7-21-44)40(54)59-24-60-42(55)51(34-19-18-32(61(5,56)57)22-35(34)58-4)41-47-36-20-13-29(23-50(36)49-41)28-11-16-31(17-12-28)46-38(52)26(3)27-9-14-30(43)15-10-27/h9-20,22-23,25-26,33,37H,6-8,21,24,44-45H2,1-5H3,(H,46,52)(H,48,53)/t26-,33+,37+/m1/s1. The SMILES string of the molecule is COc1cc(S(C)(=O)=O)ccc1N(C(=O)OCOC(=O)[C@@H](NC(=O)[C@@H](N)CCCCN)C(C)C)c1nc2ccc(-c3ccc(NC(=O)[C@H](C)c4ccc(F)cc4)cc3)cn2n1. The quantitative estimate of drug-likeness (QED) is 0.0513. The van der Waals surface area contributed by atoms with Crippen LogP contribution in [0.15, 0.2) is 90.0 Å². The second-order valence-corrected chi connectivity index (χ2v) is 16.5. The number of hydrogen-bond acceptors (Lipinski definition) is 13. The van der Waals surface area contributed by atoms with Crippen molar-refractivity contribution in [3.63, 3.8) is 0 Å². The molecule has 0 bridgehead atoms. The number of methoxy groups -OCH3 is 1. The monoisotopic (exact) mass is 860 g/mol. The number of nitrogens with two attached hydrogens (primary N) is 2. The minimum absolute atomic E-state index is 0.00434. The van der Waals surface area contributed by atoms with Crippen LogP contribution in [0.25, 0.3) is 16.8 Å². The van der Waals surface area contributed by atoms with Gasteiger partial charge in [-0.15, -0.1) is 5.10 Å². The number of hydrogen-bond donors (Lipinski definition) is 4. The molecule has 0 aliphatic heterocycles. The smallest absolute Gasteiger partial charge is 0.424 e. The summed E-state index contributed by atoms with van der Waals surface area (Å²) in [6, 6.07) is 18.1. The predicted octanol–water partition coefficient (Wildman–Crippen LogP) is 5.06. The van der Waals surface area contributed by atoms with E-state index >= 15 is 0 Å². The number of carbonyl (C=O) groups is 4. The molecule has 0 unspecified atom stereocenters. The molecule has 5 aromatic rings. The first-order valence-electron chi connectivity index (χ1n) is 19.3. The Morgan fingerprint density at radius 3 is 2.23 bits per heavy atom. The van der Waals surface area contributed by atoms with Gasteiger partial charge in [0.15, 0.2) is 15.5 Å². The summed E-state index contributed by atoms with van der Waals surface area (Å²) >= 11 is 0. The molecule has 0 radical (unpaired) electrons. The van der Waals surface area contributed by atoms with Crippen molar-refractivity contribution in [1.82, 2.24) is 19.9 Å². The Balaban J connectivity index is 1.36. The van der Waals surface area contributed by atoms with Crippen LogP contribution < -0.4 is 31.7 Å². The number of amides is 3. The second kappa shape index (κ2) is 20.2. The number of pyridine rings is 1. The Morgan fingerprint density at radius 1 is 0.902 bits per heavy atom. The number of esters is 1. The van der Waals surface area contributed by atoms with Crippen LogP contribution in [0.4, 0.5) is 26.5 Å². The van der Waals surface area contributed by atoms with E-state index in [9.17, 15) is 32.0 Å². The molecule has 61 heavy (non-hydrogen) atoms. The Hall–Kier alpha value is -6.44. The van der Waals surface area contributed by atoms with Gasteiger partial charge in [-0.05, 0) is 91.9 Å². The van der Waals surface area contributed by atoms with Gasteiger partial charge in [-0.2, -0.15) is 4.98 Å². The van der Waals surface area contributed by atoms with Crippen LogP contribution in [-0.4, -0.2) is 85.7 Å². The number of unbranched alkanes of at least 4 members (excludes halogenated alkanes) is 1. The van der Waals surface area contributed by atoms with Gasteiger partial charge in [0.25, 0.3) is 5.95 Å². The Bertz CT molecular complexity index is 2460. The van der Waals surface area contributed by atoms with Crippen molar-refractivity contribution < 1.29 is 46.2 Å². The third-order valence-electron chi connectivity index (χ3n) is 9.68. The Labute approximate surface area is 352 Å². The fraction of sp³-hybridized carbons (Fsp3) is 0.333. The lowest BCUT2D eigenvalue weighted by molar-refractivity contribution is -0.157. The number of halogens is 1. The molecule has 0 spiro atoms. The molecule has 0 aliphatic carbocycles. The summed E-state index contributed by atoms with van der Waals surface area (Å²) in [6.45, 7) is 4.70.